The maximum atomic E-state index is 12.5. The minimum Gasteiger partial charge on any atom is -0.486 e. The molecule has 152 valence electrons. The van der Waals surface area contributed by atoms with E-state index >= 15 is 0 Å². The van der Waals surface area contributed by atoms with E-state index < -0.39 is 0 Å². The highest BCUT2D eigenvalue weighted by atomic mass is 16.5. The minimum absolute atomic E-state index is 0.214. The summed E-state index contributed by atoms with van der Waals surface area (Å²) < 4.78 is 13.2. The Morgan fingerprint density at radius 2 is 1.80 bits per heavy atom. The van der Waals surface area contributed by atoms with Crippen molar-refractivity contribution < 1.29 is 13.9 Å². The summed E-state index contributed by atoms with van der Waals surface area (Å²) >= 11 is 0. The van der Waals surface area contributed by atoms with Crippen molar-refractivity contribution in [3.05, 3.63) is 101 Å². The molecule has 1 N–H and O–H groups in total. The molecule has 0 unspecified atom stereocenters. The molecule has 0 bridgehead atoms. The number of carbonyl (C=O) groups is 1. The summed E-state index contributed by atoms with van der Waals surface area (Å²) in [6.07, 6.45) is 1.83. The van der Waals surface area contributed by atoms with E-state index in [1.165, 1.54) is 0 Å². The van der Waals surface area contributed by atoms with Crippen LogP contribution in [0.4, 0.5) is 5.82 Å². The largest absolute Gasteiger partial charge is 0.486 e. The number of amides is 1. The molecule has 0 aliphatic rings. The molecule has 0 atom stereocenters. The molecule has 0 fully saturated rings. The third-order valence-electron chi connectivity index (χ3n) is 4.53. The van der Waals surface area contributed by atoms with Gasteiger partial charge in [-0.2, -0.15) is 5.10 Å². The first-order chi connectivity index (χ1) is 14.5. The normalized spacial score (nSPS) is 10.7. The van der Waals surface area contributed by atoms with Crippen LogP contribution in [0.5, 0.6) is 5.75 Å². The number of hydrogen-bond acceptors (Lipinski definition) is 4. The predicted octanol–water partition coefficient (Wildman–Crippen LogP) is 4.97. The topological polar surface area (TPSA) is 69.3 Å². The van der Waals surface area contributed by atoms with Crippen LogP contribution in [0.2, 0.25) is 0 Å². The molecule has 2 aromatic carbocycles. The van der Waals surface area contributed by atoms with Gasteiger partial charge in [0.05, 0.1) is 6.54 Å². The van der Waals surface area contributed by atoms with Crippen molar-refractivity contribution in [1.82, 2.24) is 9.78 Å². The van der Waals surface area contributed by atoms with Gasteiger partial charge in [0.2, 0.25) is 0 Å². The van der Waals surface area contributed by atoms with Gasteiger partial charge in [0.15, 0.2) is 11.6 Å². The summed E-state index contributed by atoms with van der Waals surface area (Å²) in [4.78, 5) is 12.5. The van der Waals surface area contributed by atoms with E-state index in [-0.39, 0.29) is 18.3 Å². The molecule has 0 saturated heterocycles. The summed E-state index contributed by atoms with van der Waals surface area (Å²) in [5, 5.41) is 7.15. The van der Waals surface area contributed by atoms with Gasteiger partial charge in [-0.25, -0.2) is 0 Å². The third-order valence-corrected chi connectivity index (χ3v) is 4.53. The second-order valence-electron chi connectivity index (χ2n) is 7.22. The van der Waals surface area contributed by atoms with Crippen LogP contribution in [0.1, 0.15) is 33.0 Å². The maximum absolute atomic E-state index is 12.5. The Morgan fingerprint density at radius 1 is 1.03 bits per heavy atom. The van der Waals surface area contributed by atoms with Gasteiger partial charge < -0.3 is 14.5 Å². The van der Waals surface area contributed by atoms with Gasteiger partial charge in [0, 0.05) is 12.3 Å². The molecule has 2 aromatic heterocycles. The first kappa shape index (κ1) is 19.5. The molecule has 0 saturated carbocycles. The molecule has 6 heteroatoms. The van der Waals surface area contributed by atoms with E-state index in [0.717, 1.165) is 22.4 Å². The molecule has 0 radical (unpaired) electrons. The Balaban J connectivity index is 1.34. The second-order valence-corrected chi connectivity index (χ2v) is 7.22. The number of nitrogens with zero attached hydrogens (tertiary/aromatic N) is 2. The van der Waals surface area contributed by atoms with Crippen molar-refractivity contribution in [2.45, 2.75) is 27.0 Å². The van der Waals surface area contributed by atoms with Crippen molar-refractivity contribution in [2.24, 2.45) is 0 Å². The number of anilines is 1. The van der Waals surface area contributed by atoms with Crippen LogP contribution in [-0.2, 0) is 13.2 Å². The van der Waals surface area contributed by atoms with Crippen LogP contribution >= 0.6 is 0 Å². The van der Waals surface area contributed by atoms with Crippen molar-refractivity contribution in [3.8, 4) is 5.75 Å². The van der Waals surface area contributed by atoms with E-state index in [1.54, 1.807) is 22.9 Å². The molecule has 2 heterocycles. The Bertz CT molecular complexity index is 1130. The van der Waals surface area contributed by atoms with Gasteiger partial charge in [-0.05, 0) is 54.8 Å². The molecule has 6 nitrogen and oxygen atoms in total. The van der Waals surface area contributed by atoms with Gasteiger partial charge in [-0.15, -0.1) is 0 Å². The molecule has 30 heavy (non-hydrogen) atoms. The monoisotopic (exact) mass is 401 g/mol. The lowest BCUT2D eigenvalue weighted by Gasteiger charge is -2.06. The summed E-state index contributed by atoms with van der Waals surface area (Å²) in [6.45, 7) is 4.94. The maximum Gasteiger partial charge on any atom is 0.292 e. The van der Waals surface area contributed by atoms with Crippen molar-refractivity contribution in [2.75, 3.05) is 5.32 Å². The van der Waals surface area contributed by atoms with E-state index in [9.17, 15) is 4.79 Å². The van der Waals surface area contributed by atoms with Gasteiger partial charge in [0.25, 0.3) is 5.91 Å². The van der Waals surface area contributed by atoms with Gasteiger partial charge in [-0.1, -0.05) is 36.4 Å². The molecular weight excluding hydrogens is 378 g/mol. The summed E-state index contributed by atoms with van der Waals surface area (Å²) in [7, 11) is 0. The fraction of sp³-hybridized carbons (Fsp3) is 0.167. The Kier molecular flexibility index (Phi) is 5.66. The second kappa shape index (κ2) is 8.69. The standard InChI is InChI=1S/C24H23N3O3/c1-17-12-18(2)14-21(13-17)29-16-20-8-9-22(30-20)24(28)25-23-10-11-27(26-23)15-19-6-4-3-5-7-19/h3-14H,15-16H2,1-2H3,(H,25,26,28). The molecule has 4 rings (SSSR count). The van der Waals surface area contributed by atoms with Crippen LogP contribution < -0.4 is 10.1 Å². The summed E-state index contributed by atoms with van der Waals surface area (Å²) in [5.41, 5.74) is 3.41. The van der Waals surface area contributed by atoms with Crippen LogP contribution in [0.3, 0.4) is 0 Å². The number of furan rings is 1. The summed E-state index contributed by atoms with van der Waals surface area (Å²) in [6, 6.07) is 21.2. The van der Waals surface area contributed by atoms with E-state index in [4.69, 9.17) is 9.15 Å². The Hall–Kier alpha value is -3.80. The lowest BCUT2D eigenvalue weighted by atomic mass is 10.1. The number of aryl methyl sites for hydroxylation is 2. The molecule has 4 aromatic rings. The smallest absolute Gasteiger partial charge is 0.292 e. The quantitative estimate of drug-likeness (QED) is 0.475. The molecule has 0 spiro atoms. The minimum atomic E-state index is -0.349. The van der Waals surface area contributed by atoms with Crippen molar-refractivity contribution >= 4 is 11.7 Å². The molecule has 1 amide bonds. The number of hydrogen-bond donors (Lipinski definition) is 1. The van der Waals surface area contributed by atoms with Crippen LogP contribution in [0, 0.1) is 13.8 Å². The third kappa shape index (κ3) is 4.97. The highest BCUT2D eigenvalue weighted by molar-refractivity contribution is 6.01. The molecular formula is C24H23N3O3. The van der Waals surface area contributed by atoms with Gasteiger partial charge in [0.1, 0.15) is 18.1 Å². The lowest BCUT2D eigenvalue weighted by molar-refractivity contribution is 0.0992. The molecule has 0 aliphatic carbocycles. The van der Waals surface area contributed by atoms with Crippen molar-refractivity contribution in [1.29, 1.82) is 0 Å². The van der Waals surface area contributed by atoms with Gasteiger partial charge in [-0.3, -0.25) is 9.48 Å². The van der Waals surface area contributed by atoms with E-state index in [0.29, 0.717) is 18.1 Å². The summed E-state index contributed by atoms with van der Waals surface area (Å²) in [5.74, 6) is 1.69. The Morgan fingerprint density at radius 3 is 2.57 bits per heavy atom. The zero-order chi connectivity index (χ0) is 20.9. The highest BCUT2D eigenvalue weighted by Gasteiger charge is 2.13. The lowest BCUT2D eigenvalue weighted by Crippen LogP contribution is -2.12. The SMILES string of the molecule is Cc1cc(C)cc(OCc2ccc(C(=O)Nc3ccn(Cc4ccccc4)n3)o2)c1. The highest BCUT2D eigenvalue weighted by Crippen LogP contribution is 2.19. The first-order valence-corrected chi connectivity index (χ1v) is 9.74. The van der Waals surface area contributed by atoms with Crippen LogP contribution in [-0.4, -0.2) is 15.7 Å². The van der Waals surface area contributed by atoms with E-state index in [2.05, 4.69) is 16.5 Å². The average molecular weight is 401 g/mol. The zero-order valence-electron chi connectivity index (χ0n) is 17.0. The van der Waals surface area contributed by atoms with Crippen LogP contribution in [0.25, 0.3) is 0 Å². The predicted molar refractivity (Wildman–Crippen MR) is 115 cm³/mol. The number of carbonyl (C=O) groups excluding carboxylic acids is 1. The Labute approximate surface area is 175 Å². The van der Waals surface area contributed by atoms with E-state index in [1.807, 2.05) is 62.5 Å². The van der Waals surface area contributed by atoms with Gasteiger partial charge >= 0.3 is 0 Å². The van der Waals surface area contributed by atoms with Crippen molar-refractivity contribution in [3.63, 3.8) is 0 Å². The fourth-order valence-electron chi connectivity index (χ4n) is 3.21. The zero-order valence-corrected chi connectivity index (χ0v) is 17.0. The average Bonchev–Trinajstić information content (AvgIpc) is 3.36. The fourth-order valence-corrected chi connectivity index (χ4v) is 3.21. The van der Waals surface area contributed by atoms with Crippen LogP contribution in [0.15, 0.2) is 77.3 Å². The molecule has 0 aliphatic heterocycles. The number of nitrogens with one attached hydrogen (secondary N) is 1. The number of rotatable bonds is 7. The number of aromatic nitrogens is 2. The first-order valence-electron chi connectivity index (χ1n) is 9.74. The number of ether oxygens (including phenoxy) is 1. The number of benzene rings is 2.